The van der Waals surface area contributed by atoms with Crippen LogP contribution in [-0.2, 0) is 26.1 Å². The van der Waals surface area contributed by atoms with Gasteiger partial charge in [0.25, 0.3) is 0 Å². The van der Waals surface area contributed by atoms with Crippen LogP contribution in [0.25, 0.3) is 11.1 Å². The number of hydrogen-bond donors (Lipinski definition) is 1. The molecule has 4 heteroatoms. The van der Waals surface area contributed by atoms with Crippen molar-refractivity contribution < 1.29 is 19.4 Å². The van der Waals surface area contributed by atoms with Crippen LogP contribution in [0.1, 0.15) is 48.8 Å². The van der Waals surface area contributed by atoms with Crippen molar-refractivity contribution in [2.45, 2.75) is 68.4 Å². The maximum absolute atomic E-state index is 13.2. The van der Waals surface area contributed by atoms with Crippen molar-refractivity contribution in [2.75, 3.05) is 0 Å². The van der Waals surface area contributed by atoms with Gasteiger partial charge in [-0.25, -0.2) is 0 Å². The molecule has 4 nitrogen and oxygen atoms in total. The molecule has 7 rings (SSSR count). The number of carboxylic acids is 1. The maximum Gasteiger partial charge on any atom is 0.314 e. The average molecular weight is 402 g/mol. The van der Waals surface area contributed by atoms with E-state index in [-0.39, 0.29) is 18.1 Å². The summed E-state index contributed by atoms with van der Waals surface area (Å²) in [5.41, 5.74) is 5.19. The van der Waals surface area contributed by atoms with Crippen LogP contribution in [0.15, 0.2) is 42.5 Å². The Morgan fingerprint density at radius 1 is 0.933 bits per heavy atom. The molecule has 0 bridgehead atoms. The molecule has 2 heterocycles. The molecule has 2 aliphatic heterocycles. The number of carbonyl (C=O) groups is 1. The molecule has 4 fully saturated rings. The molecule has 7 unspecified atom stereocenters. The molecule has 30 heavy (non-hydrogen) atoms. The van der Waals surface area contributed by atoms with Crippen LogP contribution in [0, 0.1) is 11.8 Å². The molecular weight excluding hydrogens is 376 g/mol. The smallest absolute Gasteiger partial charge is 0.314 e. The van der Waals surface area contributed by atoms with Gasteiger partial charge in [0.05, 0.1) is 29.8 Å². The van der Waals surface area contributed by atoms with Gasteiger partial charge in [-0.05, 0) is 72.3 Å². The molecule has 2 saturated carbocycles. The van der Waals surface area contributed by atoms with E-state index in [1.807, 2.05) is 0 Å². The van der Waals surface area contributed by atoms with E-state index >= 15 is 0 Å². The summed E-state index contributed by atoms with van der Waals surface area (Å²) in [6.45, 7) is 0. The number of fused-ring (bicyclic) bond motifs is 5. The molecule has 154 valence electrons. The van der Waals surface area contributed by atoms with Crippen molar-refractivity contribution in [1.82, 2.24) is 0 Å². The fourth-order valence-corrected chi connectivity index (χ4v) is 7.21. The normalized spacial score (nSPS) is 40.0. The number of rotatable bonds is 3. The van der Waals surface area contributed by atoms with Gasteiger partial charge >= 0.3 is 5.97 Å². The van der Waals surface area contributed by atoms with Crippen LogP contribution < -0.4 is 0 Å². The predicted molar refractivity (Wildman–Crippen MR) is 111 cm³/mol. The quantitative estimate of drug-likeness (QED) is 0.663. The van der Waals surface area contributed by atoms with Crippen LogP contribution >= 0.6 is 0 Å². The first kappa shape index (κ1) is 17.5. The lowest BCUT2D eigenvalue weighted by molar-refractivity contribution is -0.149. The Morgan fingerprint density at radius 2 is 1.80 bits per heavy atom. The second kappa shape index (κ2) is 5.95. The second-order valence-electron chi connectivity index (χ2n) is 9.93. The standard InChI is InChI=1S/C26H26O4/c27-25(28)26(19-7-3-6-17-16-5-2-1-4-14(16)12-18(17)19)11-10-21-24(30-21)23(26)15-8-9-20-22(13-15)29-20/h1-7,15,20-24H,8-13H2,(H,27,28). The maximum atomic E-state index is 13.2. The Hall–Kier alpha value is -2.17. The number of carboxylic acid groups (broad SMARTS) is 1. The third-order valence-corrected chi connectivity index (χ3v) is 8.63. The molecule has 2 aromatic carbocycles. The van der Waals surface area contributed by atoms with Crippen molar-refractivity contribution in [2.24, 2.45) is 11.8 Å². The largest absolute Gasteiger partial charge is 0.481 e. The first-order valence-electron chi connectivity index (χ1n) is 11.4. The van der Waals surface area contributed by atoms with Gasteiger partial charge in [0, 0.05) is 5.92 Å². The number of epoxide rings is 2. The zero-order valence-electron chi connectivity index (χ0n) is 16.9. The number of ether oxygens (including phenoxy) is 2. The molecule has 1 N–H and O–H groups in total. The van der Waals surface area contributed by atoms with E-state index in [1.54, 1.807) is 0 Å². The molecule has 5 aliphatic rings. The van der Waals surface area contributed by atoms with Crippen LogP contribution in [0.3, 0.4) is 0 Å². The van der Waals surface area contributed by atoms with Crippen molar-refractivity contribution in [3.8, 4) is 11.1 Å². The molecular formula is C26H26O4. The zero-order valence-corrected chi connectivity index (χ0v) is 16.9. The van der Waals surface area contributed by atoms with E-state index in [4.69, 9.17) is 9.47 Å². The summed E-state index contributed by atoms with van der Waals surface area (Å²) in [4.78, 5) is 13.2. The molecule has 7 atom stereocenters. The van der Waals surface area contributed by atoms with Crippen LogP contribution in [0.2, 0.25) is 0 Å². The Labute approximate surface area is 176 Å². The first-order chi connectivity index (χ1) is 14.7. The van der Waals surface area contributed by atoms with Crippen molar-refractivity contribution in [3.63, 3.8) is 0 Å². The van der Waals surface area contributed by atoms with Gasteiger partial charge < -0.3 is 14.6 Å². The highest BCUT2D eigenvalue weighted by molar-refractivity contribution is 5.87. The van der Waals surface area contributed by atoms with Crippen molar-refractivity contribution in [1.29, 1.82) is 0 Å². The van der Waals surface area contributed by atoms with Gasteiger partial charge in [-0.1, -0.05) is 42.5 Å². The van der Waals surface area contributed by atoms with Gasteiger partial charge in [0.1, 0.15) is 0 Å². The summed E-state index contributed by atoms with van der Waals surface area (Å²) in [6.07, 6.45) is 6.59. The summed E-state index contributed by atoms with van der Waals surface area (Å²) in [5.74, 6) is -0.265. The molecule has 2 aromatic rings. The predicted octanol–water partition coefficient (Wildman–Crippen LogP) is 4.33. The summed E-state index contributed by atoms with van der Waals surface area (Å²) >= 11 is 0. The van der Waals surface area contributed by atoms with Crippen molar-refractivity contribution >= 4 is 5.97 Å². The molecule has 0 aromatic heterocycles. The van der Waals surface area contributed by atoms with E-state index in [0.29, 0.717) is 24.5 Å². The highest BCUT2D eigenvalue weighted by atomic mass is 16.6. The fraction of sp³-hybridized carbons (Fsp3) is 0.500. The Bertz CT molecular complexity index is 1060. The van der Waals surface area contributed by atoms with E-state index in [0.717, 1.165) is 37.7 Å². The highest BCUT2D eigenvalue weighted by Gasteiger charge is 2.65. The molecule has 0 spiro atoms. The number of hydrogen-bond acceptors (Lipinski definition) is 3. The lowest BCUT2D eigenvalue weighted by atomic mass is 9.56. The Balaban J connectivity index is 1.39. The van der Waals surface area contributed by atoms with Crippen LogP contribution in [-0.4, -0.2) is 35.5 Å². The van der Waals surface area contributed by atoms with Gasteiger partial charge in [0.2, 0.25) is 0 Å². The Morgan fingerprint density at radius 3 is 2.67 bits per heavy atom. The minimum atomic E-state index is -0.864. The van der Waals surface area contributed by atoms with Crippen molar-refractivity contribution in [3.05, 3.63) is 59.2 Å². The highest BCUT2D eigenvalue weighted by Crippen LogP contribution is 2.60. The third kappa shape index (κ3) is 2.27. The number of aliphatic carboxylic acids is 1. The average Bonchev–Trinajstić information content (AvgIpc) is 3.67. The van der Waals surface area contributed by atoms with E-state index in [1.165, 1.54) is 22.3 Å². The lowest BCUT2D eigenvalue weighted by Gasteiger charge is -2.45. The van der Waals surface area contributed by atoms with Gasteiger partial charge in [-0.15, -0.1) is 0 Å². The summed E-state index contributed by atoms with van der Waals surface area (Å²) in [5, 5.41) is 10.8. The molecule has 0 radical (unpaired) electrons. The Kier molecular flexibility index (Phi) is 3.47. The van der Waals surface area contributed by atoms with E-state index < -0.39 is 11.4 Å². The van der Waals surface area contributed by atoms with E-state index in [2.05, 4.69) is 42.5 Å². The molecule has 0 amide bonds. The molecule has 3 aliphatic carbocycles. The minimum Gasteiger partial charge on any atom is -0.481 e. The summed E-state index contributed by atoms with van der Waals surface area (Å²) in [6, 6.07) is 14.8. The lowest BCUT2D eigenvalue weighted by Crippen LogP contribution is -2.52. The van der Waals surface area contributed by atoms with Gasteiger partial charge in [0.15, 0.2) is 0 Å². The topological polar surface area (TPSA) is 62.4 Å². The summed E-state index contributed by atoms with van der Waals surface area (Å²) < 4.78 is 11.9. The van der Waals surface area contributed by atoms with Crippen LogP contribution in [0.5, 0.6) is 0 Å². The monoisotopic (exact) mass is 402 g/mol. The van der Waals surface area contributed by atoms with Gasteiger partial charge in [-0.3, -0.25) is 4.79 Å². The SMILES string of the molecule is O=C(O)C1(c2cccc3c2Cc2ccccc2-3)CCC2OC2C1C1CCC2OC2C1. The van der Waals surface area contributed by atoms with Crippen LogP contribution in [0.4, 0.5) is 0 Å². The minimum absolute atomic E-state index is 0.0362. The summed E-state index contributed by atoms with van der Waals surface area (Å²) in [7, 11) is 0. The fourth-order valence-electron chi connectivity index (χ4n) is 7.21. The van der Waals surface area contributed by atoms with E-state index in [9.17, 15) is 9.90 Å². The molecule has 2 saturated heterocycles. The second-order valence-corrected chi connectivity index (χ2v) is 9.93. The third-order valence-electron chi connectivity index (χ3n) is 8.63. The first-order valence-corrected chi connectivity index (χ1v) is 11.4. The number of benzene rings is 2. The van der Waals surface area contributed by atoms with Gasteiger partial charge in [-0.2, -0.15) is 0 Å². The zero-order chi connectivity index (χ0) is 20.0.